The number of hydrogen-bond acceptors (Lipinski definition) is 6. The van der Waals surface area contributed by atoms with Gasteiger partial charge in [0.1, 0.15) is 6.33 Å². The summed E-state index contributed by atoms with van der Waals surface area (Å²) in [7, 11) is 1.65. The maximum Gasteiger partial charge on any atom is 0.245 e. The van der Waals surface area contributed by atoms with Gasteiger partial charge in [0.2, 0.25) is 5.91 Å². The first-order valence-corrected chi connectivity index (χ1v) is 7.57. The molecule has 0 radical (unpaired) electrons. The molecule has 1 fully saturated rings. The predicted octanol–water partition coefficient (Wildman–Crippen LogP) is 0.684. The van der Waals surface area contributed by atoms with Crippen molar-refractivity contribution in [3.05, 3.63) is 30.9 Å². The Morgan fingerprint density at radius 3 is 3.26 bits per heavy atom. The molecule has 2 aromatic heterocycles. The highest BCUT2D eigenvalue weighted by Gasteiger charge is 2.28. The Balaban J connectivity index is 1.83. The van der Waals surface area contributed by atoms with Crippen LogP contribution in [0.5, 0.6) is 0 Å². The molecule has 23 heavy (non-hydrogen) atoms. The molecule has 3 rings (SSSR count). The number of ether oxygens (including phenoxy) is 1. The van der Waals surface area contributed by atoms with Crippen LogP contribution in [0.4, 0.5) is 5.82 Å². The highest BCUT2D eigenvalue weighted by molar-refractivity contribution is 5.87. The van der Waals surface area contributed by atoms with E-state index in [1.165, 1.54) is 12.4 Å². The summed E-state index contributed by atoms with van der Waals surface area (Å²) in [4.78, 5) is 22.5. The minimum absolute atomic E-state index is 0.0345. The van der Waals surface area contributed by atoms with Crippen molar-refractivity contribution in [1.29, 1.82) is 0 Å². The van der Waals surface area contributed by atoms with Gasteiger partial charge in [-0.2, -0.15) is 5.10 Å². The number of carbonyl (C=O) groups excluding carboxylic acids is 1. The highest BCUT2D eigenvalue weighted by atomic mass is 16.5. The van der Waals surface area contributed by atoms with Crippen LogP contribution < -0.4 is 5.32 Å². The molecule has 1 aliphatic rings. The number of methoxy groups -OCH3 is 1. The fourth-order valence-corrected chi connectivity index (χ4v) is 2.77. The third-order valence-corrected chi connectivity index (χ3v) is 3.97. The Bertz CT molecular complexity index is 713. The molecule has 1 amide bonds. The maximum absolute atomic E-state index is 11.7. The minimum atomic E-state index is -0.0345. The maximum atomic E-state index is 11.7. The Morgan fingerprint density at radius 2 is 2.48 bits per heavy atom. The van der Waals surface area contributed by atoms with E-state index in [0.717, 1.165) is 18.7 Å². The molecule has 8 heteroatoms. The van der Waals surface area contributed by atoms with Crippen molar-refractivity contribution in [2.24, 2.45) is 0 Å². The van der Waals surface area contributed by atoms with Gasteiger partial charge in [-0.25, -0.2) is 14.5 Å². The molecule has 8 nitrogen and oxygen atoms in total. The number of likely N-dealkylation sites (tertiary alicyclic amines) is 1. The SMILES string of the molecule is C=CC(=O)N1CCC(c2cn3ncnc3c(NCCOC)n2)C1. The molecule has 0 bridgehead atoms. The number of rotatable bonds is 6. The first kappa shape index (κ1) is 15.4. The lowest BCUT2D eigenvalue weighted by atomic mass is 10.1. The van der Waals surface area contributed by atoms with Gasteiger partial charge in [-0.1, -0.05) is 6.58 Å². The molecule has 1 atom stereocenters. The Hall–Kier alpha value is -2.48. The van der Waals surface area contributed by atoms with Gasteiger partial charge in [0.25, 0.3) is 0 Å². The number of fused-ring (bicyclic) bond motifs is 1. The lowest BCUT2D eigenvalue weighted by molar-refractivity contribution is -0.125. The number of anilines is 1. The van der Waals surface area contributed by atoms with E-state index in [1.807, 2.05) is 6.20 Å². The number of aromatic nitrogens is 4. The topological polar surface area (TPSA) is 84.7 Å². The third-order valence-electron chi connectivity index (χ3n) is 3.97. The summed E-state index contributed by atoms with van der Waals surface area (Å²) in [5, 5.41) is 7.44. The van der Waals surface area contributed by atoms with E-state index in [1.54, 1.807) is 16.5 Å². The molecule has 0 saturated carbocycles. The van der Waals surface area contributed by atoms with Crippen LogP contribution >= 0.6 is 0 Å². The molecule has 2 aromatic rings. The first-order valence-electron chi connectivity index (χ1n) is 7.57. The van der Waals surface area contributed by atoms with Gasteiger partial charge in [-0.15, -0.1) is 0 Å². The second kappa shape index (κ2) is 6.74. The van der Waals surface area contributed by atoms with E-state index in [4.69, 9.17) is 9.72 Å². The summed E-state index contributed by atoms with van der Waals surface area (Å²) in [6.07, 6.45) is 5.62. The van der Waals surface area contributed by atoms with E-state index in [2.05, 4.69) is 22.0 Å². The van der Waals surface area contributed by atoms with Crippen LogP contribution in [0.3, 0.4) is 0 Å². The van der Waals surface area contributed by atoms with Crippen molar-refractivity contribution in [3.63, 3.8) is 0 Å². The molecule has 0 aliphatic carbocycles. The van der Waals surface area contributed by atoms with Crippen molar-refractivity contribution in [2.45, 2.75) is 12.3 Å². The van der Waals surface area contributed by atoms with E-state index in [0.29, 0.717) is 31.2 Å². The molecule has 1 aliphatic heterocycles. The van der Waals surface area contributed by atoms with Crippen LogP contribution in [0.25, 0.3) is 5.65 Å². The van der Waals surface area contributed by atoms with Gasteiger partial charge in [-0.3, -0.25) is 4.79 Å². The lowest BCUT2D eigenvalue weighted by Crippen LogP contribution is -2.26. The number of hydrogen-bond donors (Lipinski definition) is 1. The highest BCUT2D eigenvalue weighted by Crippen LogP contribution is 2.27. The summed E-state index contributed by atoms with van der Waals surface area (Å²) in [5.41, 5.74) is 1.59. The van der Waals surface area contributed by atoms with E-state index in [-0.39, 0.29) is 11.8 Å². The van der Waals surface area contributed by atoms with Crippen molar-refractivity contribution < 1.29 is 9.53 Å². The number of nitrogens with one attached hydrogen (secondary N) is 1. The zero-order chi connectivity index (χ0) is 16.2. The van der Waals surface area contributed by atoms with E-state index in [9.17, 15) is 4.79 Å². The van der Waals surface area contributed by atoms with E-state index >= 15 is 0 Å². The third kappa shape index (κ3) is 3.16. The van der Waals surface area contributed by atoms with Crippen LogP contribution in [-0.2, 0) is 9.53 Å². The van der Waals surface area contributed by atoms with Crippen molar-refractivity contribution in [1.82, 2.24) is 24.5 Å². The second-order valence-corrected chi connectivity index (χ2v) is 5.44. The quantitative estimate of drug-likeness (QED) is 0.623. The molecule has 0 aromatic carbocycles. The average Bonchev–Trinajstić information content (AvgIpc) is 3.23. The summed E-state index contributed by atoms with van der Waals surface area (Å²) in [6, 6.07) is 0. The fourth-order valence-electron chi connectivity index (χ4n) is 2.77. The van der Waals surface area contributed by atoms with Gasteiger partial charge < -0.3 is 15.0 Å². The van der Waals surface area contributed by atoms with Crippen LogP contribution in [0.15, 0.2) is 25.2 Å². The number of carbonyl (C=O) groups is 1. The summed E-state index contributed by atoms with van der Waals surface area (Å²) in [6.45, 7) is 6.13. The standard InChI is InChI=1S/C15H20N6O2/c1-3-13(22)20-6-4-11(8-20)12-9-21-15(17-10-18-21)14(19-12)16-5-7-23-2/h3,9-11H,1,4-8H2,2H3,(H,16,19). The second-order valence-electron chi connectivity index (χ2n) is 5.44. The minimum Gasteiger partial charge on any atom is -0.383 e. The van der Waals surface area contributed by atoms with Crippen LogP contribution in [0, 0.1) is 0 Å². The molecular formula is C15H20N6O2. The summed E-state index contributed by atoms with van der Waals surface area (Å²) < 4.78 is 6.77. The van der Waals surface area contributed by atoms with Crippen LogP contribution in [-0.4, -0.2) is 63.7 Å². The fraction of sp³-hybridized carbons (Fsp3) is 0.467. The summed E-state index contributed by atoms with van der Waals surface area (Å²) >= 11 is 0. The summed E-state index contributed by atoms with van der Waals surface area (Å²) in [5.74, 6) is 0.841. The zero-order valence-corrected chi connectivity index (χ0v) is 13.1. The Labute approximate surface area is 134 Å². The van der Waals surface area contributed by atoms with Gasteiger partial charge in [-0.05, 0) is 12.5 Å². The van der Waals surface area contributed by atoms with Gasteiger partial charge in [0.15, 0.2) is 11.5 Å². The van der Waals surface area contributed by atoms with Gasteiger partial charge in [0, 0.05) is 32.7 Å². The van der Waals surface area contributed by atoms with Crippen LogP contribution in [0.2, 0.25) is 0 Å². The average molecular weight is 316 g/mol. The Morgan fingerprint density at radius 1 is 1.61 bits per heavy atom. The molecule has 1 saturated heterocycles. The molecule has 1 N–H and O–H groups in total. The molecule has 1 unspecified atom stereocenters. The molecule has 122 valence electrons. The number of amides is 1. The molecular weight excluding hydrogens is 296 g/mol. The number of nitrogens with zero attached hydrogens (tertiary/aromatic N) is 5. The smallest absolute Gasteiger partial charge is 0.245 e. The van der Waals surface area contributed by atoms with Crippen molar-refractivity contribution >= 4 is 17.4 Å². The first-order chi connectivity index (χ1) is 11.2. The Kier molecular flexibility index (Phi) is 4.52. The monoisotopic (exact) mass is 316 g/mol. The van der Waals surface area contributed by atoms with Gasteiger partial charge in [0.05, 0.1) is 18.5 Å². The lowest BCUT2D eigenvalue weighted by Gasteiger charge is -2.15. The van der Waals surface area contributed by atoms with Gasteiger partial charge >= 0.3 is 0 Å². The molecule has 0 spiro atoms. The van der Waals surface area contributed by atoms with Crippen LogP contribution in [0.1, 0.15) is 18.0 Å². The zero-order valence-electron chi connectivity index (χ0n) is 13.1. The normalized spacial score (nSPS) is 17.6. The molecule has 3 heterocycles. The predicted molar refractivity (Wildman–Crippen MR) is 85.3 cm³/mol. The van der Waals surface area contributed by atoms with Crippen molar-refractivity contribution in [2.75, 3.05) is 38.7 Å². The largest absolute Gasteiger partial charge is 0.383 e. The van der Waals surface area contributed by atoms with E-state index < -0.39 is 0 Å². The van der Waals surface area contributed by atoms with Crippen molar-refractivity contribution in [3.8, 4) is 0 Å².